The van der Waals surface area contributed by atoms with Gasteiger partial charge in [0.2, 0.25) is 0 Å². The standard InChI is InChI=1S/C22H31FO11P2.2Na.2H/c1-12-8-16-15-5-4-13-9-14(24)6-7-19(13,2)21(15,23)17(25)10-20(16,3)22(12,34-36(30,31)32)18(26)11-33-35(27,28)29;;;;/h6-7,9,12,15-17,25H,4-5,8,10-11H2,1-3H3,(H2,27,28,29)(H2,30,31,32);;;;/q;2*+1;2*-1/t12-,15-,16-,17-,19-,20-,21-,22-;;;;/m0..../s1. The van der Waals surface area contributed by atoms with Crippen LogP contribution in [0.5, 0.6) is 0 Å². The summed E-state index contributed by atoms with van der Waals surface area (Å²) in [6.45, 7) is 3.39. The Morgan fingerprint density at radius 3 is 2.32 bits per heavy atom. The Bertz CT molecular complexity index is 1170. The van der Waals surface area contributed by atoms with Gasteiger partial charge < -0.3 is 27.5 Å². The van der Waals surface area contributed by atoms with Crippen molar-refractivity contribution in [3.63, 3.8) is 0 Å². The number of alkyl halides is 1. The van der Waals surface area contributed by atoms with Crippen molar-refractivity contribution in [3.05, 3.63) is 23.8 Å². The van der Waals surface area contributed by atoms with Crippen molar-refractivity contribution < 1.29 is 119 Å². The maximum Gasteiger partial charge on any atom is 1.00 e. The zero-order valence-electron chi connectivity index (χ0n) is 24.0. The molecule has 4 rings (SSSR count). The van der Waals surface area contributed by atoms with E-state index in [9.17, 15) is 33.6 Å². The Morgan fingerprint density at radius 2 is 1.76 bits per heavy atom. The average molecular weight is 600 g/mol. The van der Waals surface area contributed by atoms with Gasteiger partial charge in [0.05, 0.1) is 6.10 Å². The number of ketones is 2. The van der Waals surface area contributed by atoms with Gasteiger partial charge in [-0.3, -0.25) is 18.6 Å². The molecule has 5 N–H and O–H groups in total. The molecule has 0 bridgehead atoms. The molecule has 0 aromatic carbocycles. The molecule has 4 aliphatic carbocycles. The molecule has 38 heavy (non-hydrogen) atoms. The predicted molar refractivity (Wildman–Crippen MR) is 124 cm³/mol. The maximum absolute atomic E-state index is 17.2. The number of Topliss-reactive ketones (excluding diaryl/α,β-unsaturated/α-hetero) is 1. The van der Waals surface area contributed by atoms with E-state index in [1.54, 1.807) is 6.92 Å². The summed E-state index contributed by atoms with van der Waals surface area (Å²) in [7, 11) is -10.5. The first-order valence-electron chi connectivity index (χ1n) is 11.6. The van der Waals surface area contributed by atoms with E-state index in [1.807, 2.05) is 0 Å². The molecular formula is C22H33FNa2O11P2. The molecule has 0 saturated heterocycles. The minimum atomic E-state index is -5.36. The van der Waals surface area contributed by atoms with Crippen molar-refractivity contribution in [2.24, 2.45) is 28.6 Å². The number of halogens is 1. The van der Waals surface area contributed by atoms with Crippen molar-refractivity contribution in [1.29, 1.82) is 0 Å². The monoisotopic (exact) mass is 600 g/mol. The summed E-state index contributed by atoms with van der Waals surface area (Å²) in [5.41, 5.74) is -6.84. The number of allylic oxidation sites excluding steroid dienone is 4. The molecule has 0 aromatic rings. The van der Waals surface area contributed by atoms with Crippen LogP contribution in [0, 0.1) is 28.6 Å². The van der Waals surface area contributed by atoms with Gasteiger partial charge in [0.15, 0.2) is 17.2 Å². The van der Waals surface area contributed by atoms with E-state index in [0.717, 1.165) is 0 Å². The number of hydrogen-bond donors (Lipinski definition) is 5. The van der Waals surface area contributed by atoms with Crippen LogP contribution in [0.25, 0.3) is 0 Å². The minimum absolute atomic E-state index is 0. The first kappa shape index (κ1) is 35.1. The molecule has 3 fully saturated rings. The van der Waals surface area contributed by atoms with Crippen LogP contribution in [0.1, 0.15) is 49.3 Å². The van der Waals surface area contributed by atoms with Crippen molar-refractivity contribution >= 4 is 27.2 Å². The maximum atomic E-state index is 17.2. The van der Waals surface area contributed by atoms with Gasteiger partial charge in [-0.05, 0) is 56.6 Å². The second kappa shape index (κ2) is 11.2. The van der Waals surface area contributed by atoms with Crippen LogP contribution in [0.15, 0.2) is 23.8 Å². The summed E-state index contributed by atoms with van der Waals surface area (Å²) in [5.74, 6) is -3.88. The molecule has 0 amide bonds. The van der Waals surface area contributed by atoms with Crippen molar-refractivity contribution in [2.45, 2.75) is 63.8 Å². The molecule has 0 aliphatic heterocycles. The number of aliphatic hydroxyl groups is 1. The fourth-order valence-corrected chi connectivity index (χ4v) is 8.96. The molecule has 0 unspecified atom stereocenters. The van der Waals surface area contributed by atoms with Gasteiger partial charge in [-0.2, -0.15) is 0 Å². The molecule has 206 valence electrons. The van der Waals surface area contributed by atoms with E-state index < -0.39 is 80.4 Å². The van der Waals surface area contributed by atoms with E-state index in [4.69, 9.17) is 14.3 Å². The normalized spacial score (nSPS) is 42.1. The van der Waals surface area contributed by atoms with Crippen molar-refractivity contribution in [3.8, 4) is 0 Å². The number of rotatable bonds is 6. The zero-order chi connectivity index (χ0) is 27.1. The van der Waals surface area contributed by atoms with Crippen LogP contribution in [0.3, 0.4) is 0 Å². The van der Waals surface area contributed by atoms with Crippen LogP contribution < -0.4 is 59.1 Å². The minimum Gasteiger partial charge on any atom is -1.00 e. The predicted octanol–water partition coefficient (Wildman–Crippen LogP) is -3.64. The Balaban J connectivity index is 0.00000380. The Labute approximate surface area is 267 Å². The smallest absolute Gasteiger partial charge is 1.00 e. The topological polar surface area (TPSA) is 188 Å². The van der Waals surface area contributed by atoms with E-state index in [2.05, 4.69) is 4.52 Å². The molecule has 4 aliphatic rings. The van der Waals surface area contributed by atoms with Crippen molar-refractivity contribution in [1.82, 2.24) is 0 Å². The van der Waals surface area contributed by atoms with E-state index in [1.165, 1.54) is 32.1 Å². The van der Waals surface area contributed by atoms with E-state index in [0.29, 0.717) is 12.0 Å². The largest absolute Gasteiger partial charge is 1.00 e. The molecule has 0 radical (unpaired) electrons. The number of hydrogen-bond acceptors (Lipinski definition) is 7. The third-order valence-corrected chi connectivity index (χ3v) is 10.2. The number of carbonyl (C=O) groups is 2. The summed E-state index contributed by atoms with van der Waals surface area (Å²) in [6.07, 6.45) is 2.60. The Hall–Kier alpha value is 0.930. The van der Waals surface area contributed by atoms with Crippen LogP contribution in [-0.2, 0) is 27.8 Å². The van der Waals surface area contributed by atoms with Crippen LogP contribution >= 0.6 is 15.6 Å². The van der Waals surface area contributed by atoms with Gasteiger partial charge in [-0.25, -0.2) is 13.5 Å². The summed E-state index contributed by atoms with van der Waals surface area (Å²) < 4.78 is 50.1. The van der Waals surface area contributed by atoms with E-state index >= 15 is 4.39 Å². The van der Waals surface area contributed by atoms with Crippen LogP contribution in [-0.4, -0.2) is 60.2 Å². The molecular weight excluding hydrogens is 567 g/mol. The second-order valence-corrected chi connectivity index (χ2v) is 13.3. The number of aliphatic hydroxyl groups excluding tert-OH is 1. The Kier molecular flexibility index (Phi) is 10.4. The van der Waals surface area contributed by atoms with E-state index in [-0.39, 0.29) is 80.6 Å². The van der Waals surface area contributed by atoms with Gasteiger partial charge in [-0.15, -0.1) is 0 Å². The zero-order valence-corrected chi connectivity index (χ0v) is 27.8. The molecule has 0 heterocycles. The quantitative estimate of drug-likeness (QED) is 0.150. The number of phosphoric acid groups is 2. The summed E-state index contributed by atoms with van der Waals surface area (Å²) in [5, 5.41) is 11.4. The van der Waals surface area contributed by atoms with Crippen LogP contribution in [0.4, 0.5) is 4.39 Å². The first-order valence-corrected chi connectivity index (χ1v) is 14.7. The fraction of sp³-hybridized carbons (Fsp3) is 0.727. The average Bonchev–Trinajstić information content (AvgIpc) is 2.94. The molecule has 0 spiro atoms. The molecule has 11 nitrogen and oxygen atoms in total. The third kappa shape index (κ3) is 5.29. The van der Waals surface area contributed by atoms with Crippen LogP contribution in [0.2, 0.25) is 0 Å². The fourth-order valence-electron chi connectivity index (χ4n) is 7.81. The summed E-state index contributed by atoms with van der Waals surface area (Å²) in [6, 6.07) is 0. The van der Waals surface area contributed by atoms with Crippen molar-refractivity contribution in [2.75, 3.05) is 6.61 Å². The van der Waals surface area contributed by atoms with Gasteiger partial charge >= 0.3 is 74.8 Å². The summed E-state index contributed by atoms with van der Waals surface area (Å²) >= 11 is 0. The Morgan fingerprint density at radius 1 is 1.16 bits per heavy atom. The molecule has 16 heteroatoms. The molecule has 3 saturated carbocycles. The van der Waals surface area contributed by atoms with Gasteiger partial charge in [-0.1, -0.05) is 25.5 Å². The van der Waals surface area contributed by atoms with Gasteiger partial charge in [0.1, 0.15) is 12.2 Å². The third-order valence-electron chi connectivity index (χ3n) is 9.22. The number of carbonyl (C=O) groups excluding carboxylic acids is 2. The first-order chi connectivity index (χ1) is 16.3. The number of fused-ring (bicyclic) bond motifs is 5. The molecule has 0 aromatic heterocycles. The van der Waals surface area contributed by atoms with Gasteiger partial charge in [0.25, 0.3) is 0 Å². The molecule has 8 atom stereocenters. The second-order valence-electron chi connectivity index (χ2n) is 10.9. The summed E-state index contributed by atoms with van der Waals surface area (Å²) in [4.78, 5) is 63.2. The SMILES string of the molecule is C[C@H]1C[C@H]2[C@@H]3CCC4=CC(=O)C=C[C@]4(C)[C@@]3(F)[C@@H](O)C[C@]2(C)[C@@]1(OP(=O)(O)O)C(=O)COP(=O)(O)O.[H-].[H-].[Na+].[Na+]. The number of phosphoric ester groups is 2. The van der Waals surface area contributed by atoms with Gasteiger partial charge in [0, 0.05) is 16.7 Å².